The van der Waals surface area contributed by atoms with Crippen molar-refractivity contribution in [2.24, 2.45) is 5.41 Å². The third kappa shape index (κ3) is 6.06. The number of amides is 1. The van der Waals surface area contributed by atoms with Crippen LogP contribution in [-0.4, -0.2) is 37.0 Å². The van der Waals surface area contributed by atoms with Crippen molar-refractivity contribution in [3.05, 3.63) is 0 Å². The molecule has 1 fully saturated rings. The van der Waals surface area contributed by atoms with Crippen molar-refractivity contribution in [1.29, 1.82) is 0 Å². The van der Waals surface area contributed by atoms with Gasteiger partial charge in [0.15, 0.2) is 0 Å². The first-order valence-electron chi connectivity index (χ1n) is 6.86. The Morgan fingerprint density at radius 3 is 2.59 bits per heavy atom. The van der Waals surface area contributed by atoms with E-state index in [-0.39, 0.29) is 5.91 Å². The first-order valence-corrected chi connectivity index (χ1v) is 6.86. The van der Waals surface area contributed by atoms with E-state index in [1.54, 1.807) is 0 Å². The molecule has 1 N–H and O–H groups in total. The highest BCUT2D eigenvalue weighted by Crippen LogP contribution is 2.19. The van der Waals surface area contributed by atoms with Crippen LogP contribution in [0.25, 0.3) is 0 Å². The number of carbonyl (C=O) groups excluding carboxylic acids is 1. The lowest BCUT2D eigenvalue weighted by Gasteiger charge is -2.27. The summed E-state index contributed by atoms with van der Waals surface area (Å²) in [6.45, 7) is 8.59. The van der Waals surface area contributed by atoms with Crippen LogP contribution in [0.3, 0.4) is 0 Å². The van der Waals surface area contributed by atoms with Gasteiger partial charge >= 0.3 is 0 Å². The van der Waals surface area contributed by atoms with Gasteiger partial charge in [-0.1, -0.05) is 27.2 Å². The van der Waals surface area contributed by atoms with Gasteiger partial charge in [0.25, 0.3) is 0 Å². The van der Waals surface area contributed by atoms with Crippen LogP contribution in [0.5, 0.6) is 0 Å². The molecule has 100 valence electrons. The van der Waals surface area contributed by atoms with Gasteiger partial charge < -0.3 is 10.2 Å². The van der Waals surface area contributed by atoms with E-state index in [9.17, 15) is 4.79 Å². The molecule has 1 atom stereocenters. The van der Waals surface area contributed by atoms with E-state index < -0.39 is 0 Å². The van der Waals surface area contributed by atoms with E-state index in [0.717, 1.165) is 25.9 Å². The van der Waals surface area contributed by atoms with E-state index in [1.165, 1.54) is 12.8 Å². The number of hydrogen-bond acceptors (Lipinski definition) is 2. The molecule has 0 aromatic carbocycles. The Hall–Kier alpha value is -0.570. The molecule has 1 aliphatic heterocycles. The molecule has 3 nitrogen and oxygen atoms in total. The molecule has 1 unspecified atom stereocenters. The Morgan fingerprint density at radius 1 is 1.35 bits per heavy atom. The van der Waals surface area contributed by atoms with Gasteiger partial charge in [0.2, 0.25) is 5.91 Å². The van der Waals surface area contributed by atoms with Crippen LogP contribution in [0, 0.1) is 5.41 Å². The zero-order valence-corrected chi connectivity index (χ0v) is 11.9. The molecule has 0 aromatic heterocycles. The highest BCUT2D eigenvalue weighted by Gasteiger charge is 2.19. The van der Waals surface area contributed by atoms with Crippen LogP contribution < -0.4 is 5.32 Å². The van der Waals surface area contributed by atoms with E-state index >= 15 is 0 Å². The molecule has 1 aliphatic rings. The van der Waals surface area contributed by atoms with Crippen LogP contribution in [0.1, 0.15) is 52.9 Å². The van der Waals surface area contributed by atoms with E-state index in [4.69, 9.17) is 0 Å². The summed E-state index contributed by atoms with van der Waals surface area (Å²) in [7, 11) is 1.93. The number of nitrogens with one attached hydrogen (secondary N) is 1. The number of nitrogens with zero attached hydrogens (tertiary/aromatic N) is 1. The summed E-state index contributed by atoms with van der Waals surface area (Å²) in [5.41, 5.74) is 0.303. The van der Waals surface area contributed by atoms with Gasteiger partial charge in [-0.05, 0) is 31.2 Å². The molecule has 3 heteroatoms. The lowest BCUT2D eigenvalue weighted by Crippen LogP contribution is -2.40. The first kappa shape index (κ1) is 14.5. The number of carbonyl (C=O) groups is 1. The topological polar surface area (TPSA) is 32.3 Å². The van der Waals surface area contributed by atoms with Gasteiger partial charge in [0.1, 0.15) is 0 Å². The van der Waals surface area contributed by atoms with Gasteiger partial charge in [-0.2, -0.15) is 0 Å². The summed E-state index contributed by atoms with van der Waals surface area (Å²) in [5.74, 6) is 0.286. The summed E-state index contributed by atoms with van der Waals surface area (Å²) in [5, 5.41) is 3.43. The summed E-state index contributed by atoms with van der Waals surface area (Å²) in [6.07, 6.45) is 5.40. The highest BCUT2D eigenvalue weighted by atomic mass is 16.2. The van der Waals surface area contributed by atoms with E-state index in [1.807, 2.05) is 11.9 Å². The van der Waals surface area contributed by atoms with E-state index in [0.29, 0.717) is 17.9 Å². The highest BCUT2D eigenvalue weighted by molar-refractivity contribution is 5.76. The molecule has 0 aliphatic carbocycles. The molecule has 0 radical (unpaired) electrons. The quantitative estimate of drug-likeness (QED) is 0.818. The normalized spacial score (nSPS) is 21.3. The standard InChI is InChI=1S/C14H28N2O/c1-14(2,3)8-10-16(4)13(17)11-12-7-5-6-9-15-12/h12,15H,5-11H2,1-4H3. The fourth-order valence-electron chi connectivity index (χ4n) is 2.09. The second-order valence-corrected chi connectivity index (χ2v) is 6.48. The average Bonchev–Trinajstić information content (AvgIpc) is 2.26. The summed E-state index contributed by atoms with van der Waals surface area (Å²) in [6, 6.07) is 0.410. The molecular weight excluding hydrogens is 212 g/mol. The maximum atomic E-state index is 12.0. The summed E-state index contributed by atoms with van der Waals surface area (Å²) in [4.78, 5) is 13.9. The second-order valence-electron chi connectivity index (χ2n) is 6.48. The van der Waals surface area contributed by atoms with Crippen molar-refractivity contribution in [2.75, 3.05) is 20.1 Å². The lowest BCUT2D eigenvalue weighted by atomic mass is 9.92. The minimum atomic E-state index is 0.286. The summed E-state index contributed by atoms with van der Waals surface area (Å²) < 4.78 is 0. The molecule has 1 heterocycles. The number of hydrogen-bond donors (Lipinski definition) is 1. The maximum absolute atomic E-state index is 12.0. The third-order valence-corrected chi connectivity index (χ3v) is 3.46. The Kier molecular flexibility index (Phi) is 5.44. The minimum Gasteiger partial charge on any atom is -0.346 e. The fourth-order valence-corrected chi connectivity index (χ4v) is 2.09. The van der Waals surface area contributed by atoms with Crippen molar-refractivity contribution in [3.8, 4) is 0 Å². The van der Waals surface area contributed by atoms with Crippen LogP contribution in [-0.2, 0) is 4.79 Å². The Balaban J connectivity index is 2.26. The lowest BCUT2D eigenvalue weighted by molar-refractivity contribution is -0.130. The molecule has 1 rings (SSSR count). The third-order valence-electron chi connectivity index (χ3n) is 3.46. The zero-order valence-electron chi connectivity index (χ0n) is 11.9. The van der Waals surface area contributed by atoms with Crippen molar-refractivity contribution in [2.45, 2.75) is 58.9 Å². The van der Waals surface area contributed by atoms with Crippen molar-refractivity contribution in [3.63, 3.8) is 0 Å². The van der Waals surface area contributed by atoms with E-state index in [2.05, 4.69) is 26.1 Å². The van der Waals surface area contributed by atoms with Gasteiger partial charge in [-0.25, -0.2) is 0 Å². The fraction of sp³-hybridized carbons (Fsp3) is 0.929. The SMILES string of the molecule is CN(CCC(C)(C)C)C(=O)CC1CCCCN1. The molecule has 17 heavy (non-hydrogen) atoms. The van der Waals surface area contributed by atoms with Crippen molar-refractivity contribution >= 4 is 5.91 Å². The molecule has 1 saturated heterocycles. The first-order chi connectivity index (χ1) is 7.88. The van der Waals surface area contributed by atoms with Gasteiger partial charge in [0.05, 0.1) is 0 Å². The maximum Gasteiger partial charge on any atom is 0.223 e. The summed E-state index contributed by atoms with van der Waals surface area (Å²) >= 11 is 0. The van der Waals surface area contributed by atoms with Crippen molar-refractivity contribution in [1.82, 2.24) is 10.2 Å². The van der Waals surface area contributed by atoms with Crippen LogP contribution >= 0.6 is 0 Å². The Morgan fingerprint density at radius 2 is 2.06 bits per heavy atom. The smallest absolute Gasteiger partial charge is 0.223 e. The molecule has 0 aromatic rings. The second kappa shape index (κ2) is 6.39. The van der Waals surface area contributed by atoms with Gasteiger partial charge in [-0.3, -0.25) is 4.79 Å². The monoisotopic (exact) mass is 240 g/mol. The number of rotatable bonds is 4. The Labute approximate surface area is 106 Å². The predicted molar refractivity (Wildman–Crippen MR) is 72.0 cm³/mol. The molecule has 0 spiro atoms. The van der Waals surface area contributed by atoms with Crippen molar-refractivity contribution < 1.29 is 4.79 Å². The molecule has 1 amide bonds. The Bertz CT molecular complexity index is 239. The number of piperidine rings is 1. The van der Waals surface area contributed by atoms with Crippen LogP contribution in [0.15, 0.2) is 0 Å². The largest absolute Gasteiger partial charge is 0.346 e. The zero-order chi connectivity index (χ0) is 12.9. The van der Waals surface area contributed by atoms with Gasteiger partial charge in [0, 0.05) is 26.1 Å². The molecule has 0 bridgehead atoms. The minimum absolute atomic E-state index is 0.286. The molecular formula is C14H28N2O. The predicted octanol–water partition coefficient (Wildman–Crippen LogP) is 2.41. The van der Waals surface area contributed by atoms with Crippen LogP contribution in [0.4, 0.5) is 0 Å². The average molecular weight is 240 g/mol. The van der Waals surface area contributed by atoms with Crippen LogP contribution in [0.2, 0.25) is 0 Å². The molecule has 0 saturated carbocycles. The van der Waals surface area contributed by atoms with Gasteiger partial charge in [-0.15, -0.1) is 0 Å².